The molecule has 18 heavy (non-hydrogen) atoms. The highest BCUT2D eigenvalue weighted by atomic mass is 35.5. The maximum Gasteiger partial charge on any atom is 0.0914 e. The summed E-state index contributed by atoms with van der Waals surface area (Å²) in [5.74, 6) is 0. The fraction of sp³-hybridized carbons (Fsp3) is 0.571. The van der Waals surface area contributed by atoms with Crippen LogP contribution < -0.4 is 5.32 Å². The summed E-state index contributed by atoms with van der Waals surface area (Å²) in [5, 5.41) is 14.1. The van der Waals surface area contributed by atoms with Gasteiger partial charge in [-0.2, -0.15) is 0 Å². The topological polar surface area (TPSA) is 41.5 Å². The quantitative estimate of drug-likeness (QED) is 0.863. The first-order valence-electron chi connectivity index (χ1n) is 6.45. The Morgan fingerprint density at radius 3 is 2.78 bits per heavy atom. The molecular formula is C14H20ClNO2. The van der Waals surface area contributed by atoms with Crippen molar-refractivity contribution in [2.45, 2.75) is 38.0 Å². The van der Waals surface area contributed by atoms with Crippen molar-refractivity contribution in [2.24, 2.45) is 0 Å². The first kappa shape index (κ1) is 13.8. The molecule has 3 atom stereocenters. The van der Waals surface area contributed by atoms with Gasteiger partial charge in [0.25, 0.3) is 0 Å². The van der Waals surface area contributed by atoms with Crippen molar-refractivity contribution in [3.05, 3.63) is 34.9 Å². The molecule has 0 bridgehead atoms. The van der Waals surface area contributed by atoms with Gasteiger partial charge >= 0.3 is 0 Å². The molecule has 0 spiro atoms. The minimum atomic E-state index is -0.508. The largest absolute Gasteiger partial charge is 0.387 e. The van der Waals surface area contributed by atoms with E-state index >= 15 is 0 Å². The monoisotopic (exact) mass is 269 g/mol. The minimum Gasteiger partial charge on any atom is -0.387 e. The second-order valence-corrected chi connectivity index (χ2v) is 5.25. The molecule has 2 rings (SSSR count). The van der Waals surface area contributed by atoms with Crippen molar-refractivity contribution in [1.29, 1.82) is 0 Å². The molecule has 2 N–H and O–H groups in total. The summed E-state index contributed by atoms with van der Waals surface area (Å²) in [7, 11) is 0. The summed E-state index contributed by atoms with van der Waals surface area (Å²) in [5.41, 5.74) is 0.881. The smallest absolute Gasteiger partial charge is 0.0914 e. The van der Waals surface area contributed by atoms with Crippen LogP contribution in [0.4, 0.5) is 0 Å². The van der Waals surface area contributed by atoms with E-state index in [1.165, 1.54) is 0 Å². The number of hydrogen-bond acceptors (Lipinski definition) is 3. The predicted octanol–water partition coefficient (Wildman–Crippen LogP) is 2.53. The van der Waals surface area contributed by atoms with Crippen LogP contribution >= 0.6 is 11.6 Å². The summed E-state index contributed by atoms with van der Waals surface area (Å²) in [6.07, 6.45) is 2.01. The number of ether oxygens (including phenoxy) is 1. The fourth-order valence-corrected chi connectivity index (χ4v) is 2.35. The molecule has 4 heteroatoms. The SMILES string of the molecule is CC(NCC(O)c1ccc(Cl)cc1)C1CCCO1. The standard InChI is InChI=1S/C14H20ClNO2/c1-10(14-3-2-8-18-14)16-9-13(17)11-4-6-12(15)7-5-11/h4-7,10,13-14,16-17H,2-3,8-9H2,1H3. The Morgan fingerprint density at radius 1 is 1.44 bits per heavy atom. The third kappa shape index (κ3) is 3.69. The first-order chi connectivity index (χ1) is 8.66. The van der Waals surface area contributed by atoms with Crippen LogP contribution in [0.15, 0.2) is 24.3 Å². The zero-order valence-corrected chi connectivity index (χ0v) is 11.4. The van der Waals surface area contributed by atoms with Crippen LogP contribution in [0.5, 0.6) is 0 Å². The molecule has 0 saturated carbocycles. The number of aliphatic hydroxyl groups excluding tert-OH is 1. The van der Waals surface area contributed by atoms with Crippen LogP contribution in [0.2, 0.25) is 5.02 Å². The van der Waals surface area contributed by atoms with Crippen molar-refractivity contribution in [3.63, 3.8) is 0 Å². The lowest BCUT2D eigenvalue weighted by molar-refractivity contribution is 0.0765. The van der Waals surface area contributed by atoms with Gasteiger partial charge in [-0.3, -0.25) is 0 Å². The molecular weight excluding hydrogens is 250 g/mol. The number of aliphatic hydroxyl groups is 1. The van der Waals surface area contributed by atoms with Crippen molar-refractivity contribution in [1.82, 2.24) is 5.32 Å². The Hall–Kier alpha value is -0.610. The molecule has 0 amide bonds. The van der Waals surface area contributed by atoms with Crippen LogP contribution in [0, 0.1) is 0 Å². The van der Waals surface area contributed by atoms with Crippen LogP contribution in [0.1, 0.15) is 31.4 Å². The number of halogens is 1. The van der Waals surface area contributed by atoms with Crippen molar-refractivity contribution < 1.29 is 9.84 Å². The average Bonchev–Trinajstić information content (AvgIpc) is 2.90. The molecule has 3 nitrogen and oxygen atoms in total. The fourth-order valence-electron chi connectivity index (χ4n) is 2.23. The van der Waals surface area contributed by atoms with Gasteiger partial charge < -0.3 is 15.2 Å². The zero-order chi connectivity index (χ0) is 13.0. The highest BCUT2D eigenvalue weighted by Crippen LogP contribution is 2.18. The Balaban J connectivity index is 1.80. The molecule has 1 fully saturated rings. The van der Waals surface area contributed by atoms with Gasteiger partial charge in [-0.05, 0) is 37.5 Å². The van der Waals surface area contributed by atoms with Gasteiger partial charge in [0.1, 0.15) is 0 Å². The van der Waals surface area contributed by atoms with Crippen molar-refractivity contribution >= 4 is 11.6 Å². The highest BCUT2D eigenvalue weighted by Gasteiger charge is 2.22. The third-order valence-corrected chi connectivity index (χ3v) is 3.66. The van der Waals surface area contributed by atoms with E-state index in [1.807, 2.05) is 12.1 Å². The molecule has 1 aromatic carbocycles. The van der Waals surface area contributed by atoms with E-state index in [1.54, 1.807) is 12.1 Å². The Bertz CT molecular complexity index is 363. The molecule has 1 aliphatic heterocycles. The molecule has 0 radical (unpaired) electrons. The summed E-state index contributed by atoms with van der Waals surface area (Å²) < 4.78 is 5.61. The van der Waals surface area contributed by atoms with Gasteiger partial charge in [-0.15, -0.1) is 0 Å². The van der Waals surface area contributed by atoms with E-state index < -0.39 is 6.10 Å². The van der Waals surface area contributed by atoms with Crippen LogP contribution in [-0.2, 0) is 4.74 Å². The Labute approximate surface area is 113 Å². The molecule has 1 heterocycles. The molecule has 100 valence electrons. The first-order valence-corrected chi connectivity index (χ1v) is 6.83. The van der Waals surface area contributed by atoms with Crippen LogP contribution in [-0.4, -0.2) is 30.4 Å². The summed E-state index contributed by atoms with van der Waals surface area (Å²) in [6, 6.07) is 7.57. The molecule has 1 saturated heterocycles. The normalized spacial score (nSPS) is 22.9. The number of hydrogen-bond donors (Lipinski definition) is 2. The number of nitrogens with one attached hydrogen (secondary N) is 1. The molecule has 1 aliphatic rings. The number of benzene rings is 1. The summed E-state index contributed by atoms with van der Waals surface area (Å²) in [4.78, 5) is 0. The lowest BCUT2D eigenvalue weighted by Crippen LogP contribution is -2.39. The predicted molar refractivity (Wildman–Crippen MR) is 72.9 cm³/mol. The van der Waals surface area contributed by atoms with E-state index in [0.717, 1.165) is 25.0 Å². The van der Waals surface area contributed by atoms with Gasteiger partial charge in [0.2, 0.25) is 0 Å². The van der Waals surface area contributed by atoms with Gasteiger partial charge in [-0.25, -0.2) is 0 Å². The molecule has 0 aliphatic carbocycles. The third-order valence-electron chi connectivity index (χ3n) is 3.41. The second kappa shape index (κ2) is 6.53. The Morgan fingerprint density at radius 2 is 2.17 bits per heavy atom. The minimum absolute atomic E-state index is 0.273. The maximum absolute atomic E-state index is 10.1. The van der Waals surface area contributed by atoms with Crippen molar-refractivity contribution in [3.8, 4) is 0 Å². The average molecular weight is 270 g/mol. The molecule has 1 aromatic rings. The van der Waals surface area contributed by atoms with Crippen LogP contribution in [0.25, 0.3) is 0 Å². The maximum atomic E-state index is 10.1. The van der Waals surface area contributed by atoms with E-state index in [-0.39, 0.29) is 12.1 Å². The van der Waals surface area contributed by atoms with Crippen LogP contribution in [0.3, 0.4) is 0 Å². The van der Waals surface area contributed by atoms with Gasteiger partial charge in [0.05, 0.1) is 12.2 Å². The van der Waals surface area contributed by atoms with Crippen molar-refractivity contribution in [2.75, 3.05) is 13.2 Å². The zero-order valence-electron chi connectivity index (χ0n) is 10.6. The Kier molecular flexibility index (Phi) is 5.01. The van der Waals surface area contributed by atoms with E-state index in [0.29, 0.717) is 11.6 Å². The van der Waals surface area contributed by atoms with Gasteiger partial charge in [0.15, 0.2) is 0 Å². The molecule has 0 aromatic heterocycles. The van der Waals surface area contributed by atoms with E-state index in [4.69, 9.17) is 16.3 Å². The molecule has 3 unspecified atom stereocenters. The van der Waals surface area contributed by atoms with Gasteiger partial charge in [-0.1, -0.05) is 23.7 Å². The summed E-state index contributed by atoms with van der Waals surface area (Å²) in [6.45, 7) is 3.49. The lowest BCUT2D eigenvalue weighted by Gasteiger charge is -2.22. The lowest BCUT2D eigenvalue weighted by atomic mass is 10.1. The van der Waals surface area contributed by atoms with E-state index in [2.05, 4.69) is 12.2 Å². The van der Waals surface area contributed by atoms with Gasteiger partial charge in [0, 0.05) is 24.2 Å². The number of rotatable bonds is 5. The van der Waals surface area contributed by atoms with E-state index in [9.17, 15) is 5.11 Å². The highest BCUT2D eigenvalue weighted by molar-refractivity contribution is 6.30. The second-order valence-electron chi connectivity index (χ2n) is 4.82. The summed E-state index contributed by atoms with van der Waals surface area (Å²) >= 11 is 5.82.